The summed E-state index contributed by atoms with van der Waals surface area (Å²) in [7, 11) is 1.93. The van der Waals surface area contributed by atoms with Crippen LogP contribution in [-0.4, -0.2) is 110 Å². The molecule has 0 radical (unpaired) electrons. The molecule has 3 aliphatic rings. The van der Waals surface area contributed by atoms with Gasteiger partial charge in [0.25, 0.3) is 0 Å². The maximum Gasteiger partial charge on any atom is 0.333 e. The number of hydrogen-bond acceptors (Lipinski definition) is 11. The van der Waals surface area contributed by atoms with Crippen LogP contribution < -0.4 is 10.1 Å². The number of hydrogen-bond donors (Lipinski definition) is 6. The third kappa shape index (κ3) is 6.14. The summed E-state index contributed by atoms with van der Waals surface area (Å²) in [6.45, 7) is 5.77. The number of ether oxygens (including phenoxy) is 2. The van der Waals surface area contributed by atoms with Crippen molar-refractivity contribution in [2.75, 3.05) is 13.6 Å². The summed E-state index contributed by atoms with van der Waals surface area (Å²) in [6, 6.07) is 1.49. The molecule has 1 amide bonds. The Morgan fingerprint density at radius 3 is 2.53 bits per heavy atom. The Morgan fingerprint density at radius 2 is 1.89 bits per heavy atom. The molecule has 0 aromatic heterocycles. The number of nitrogens with one attached hydrogen (secondary N) is 1. The number of aliphatic carboxylic acids is 2. The molecule has 2 heterocycles. The molecule has 246 valence electrons. The summed E-state index contributed by atoms with van der Waals surface area (Å²) in [5.41, 5.74) is -0.160. The van der Waals surface area contributed by atoms with Crippen LogP contribution in [0.4, 0.5) is 0 Å². The van der Waals surface area contributed by atoms with Gasteiger partial charge in [-0.3, -0.25) is 14.4 Å². The van der Waals surface area contributed by atoms with E-state index >= 15 is 0 Å². The number of ketones is 1. The van der Waals surface area contributed by atoms with Gasteiger partial charge in [0.2, 0.25) is 5.91 Å². The van der Waals surface area contributed by atoms with Crippen molar-refractivity contribution < 1.29 is 59.0 Å². The lowest BCUT2D eigenvalue weighted by Crippen LogP contribution is -2.71. The van der Waals surface area contributed by atoms with Crippen LogP contribution in [0.3, 0.4) is 0 Å². The first-order valence-corrected chi connectivity index (χ1v) is 14.8. The van der Waals surface area contributed by atoms with E-state index in [9.17, 15) is 39.3 Å². The number of rotatable bonds is 12. The average Bonchev–Trinajstić information content (AvgIpc) is 3.34. The highest BCUT2D eigenvalue weighted by Gasteiger charge is 2.68. The number of esters is 1. The number of carbonyl (C=O) groups is 5. The van der Waals surface area contributed by atoms with Crippen molar-refractivity contribution in [3.05, 3.63) is 34.9 Å². The van der Waals surface area contributed by atoms with Crippen LogP contribution in [0, 0.1) is 6.92 Å². The Bertz CT molecular complexity index is 1430. The van der Waals surface area contributed by atoms with E-state index in [4.69, 9.17) is 19.7 Å². The summed E-state index contributed by atoms with van der Waals surface area (Å²) < 4.78 is 11.7. The van der Waals surface area contributed by atoms with E-state index < -0.39 is 84.2 Å². The number of nitrogens with zero attached hydrogens (tertiary/aromatic N) is 1. The number of fused-ring (bicyclic) bond motifs is 1. The summed E-state index contributed by atoms with van der Waals surface area (Å²) in [4.78, 5) is 62.7. The number of likely N-dealkylation sites (N-methyl/N-ethyl adjacent to an activating group) is 1. The number of carboxylic acids is 2. The molecular formula is C31H40N2O12. The van der Waals surface area contributed by atoms with E-state index in [1.54, 1.807) is 12.1 Å². The fourth-order valence-corrected chi connectivity index (χ4v) is 6.90. The zero-order chi connectivity index (χ0) is 33.4. The second kappa shape index (κ2) is 12.8. The van der Waals surface area contributed by atoms with Gasteiger partial charge in [-0.15, -0.1) is 0 Å². The molecule has 14 heteroatoms. The largest absolute Gasteiger partial charge is 0.504 e. The number of phenols is 1. The SMILES string of the molecule is Cc1ccc(O)c2c1C13CCN(C)C(C)C1(O)CC=C(CC(=O)C(C)OC(=O)C(CCC(=O)O)NC(=O)CC(O)C(=O)O)C3O2. The molecular weight excluding hydrogens is 592 g/mol. The number of aryl methyl sites for hydroxylation is 1. The van der Waals surface area contributed by atoms with Gasteiger partial charge in [-0.25, -0.2) is 9.59 Å². The number of aliphatic hydroxyl groups is 2. The van der Waals surface area contributed by atoms with Gasteiger partial charge in [0.15, 0.2) is 29.5 Å². The van der Waals surface area contributed by atoms with Crippen molar-refractivity contribution in [1.82, 2.24) is 10.2 Å². The first-order valence-electron chi connectivity index (χ1n) is 14.8. The minimum Gasteiger partial charge on any atom is -0.504 e. The van der Waals surface area contributed by atoms with Crippen molar-refractivity contribution >= 4 is 29.6 Å². The van der Waals surface area contributed by atoms with Crippen LogP contribution in [0.5, 0.6) is 11.5 Å². The van der Waals surface area contributed by atoms with Gasteiger partial charge in [0, 0.05) is 24.4 Å². The average molecular weight is 633 g/mol. The zero-order valence-electron chi connectivity index (χ0n) is 25.6. The Morgan fingerprint density at radius 1 is 1.20 bits per heavy atom. The number of phenolic OH excluding ortho intramolecular Hbond substituents is 1. The number of aromatic hydroxyl groups is 1. The van der Waals surface area contributed by atoms with Gasteiger partial charge in [-0.05, 0) is 70.8 Å². The van der Waals surface area contributed by atoms with Crippen LogP contribution in [-0.2, 0) is 34.1 Å². The summed E-state index contributed by atoms with van der Waals surface area (Å²) in [5.74, 6) is -5.39. The molecule has 4 rings (SSSR count). The summed E-state index contributed by atoms with van der Waals surface area (Å²) in [5, 5.41) is 52.6. The quantitative estimate of drug-likeness (QED) is 0.137. The molecule has 7 unspecified atom stereocenters. The van der Waals surface area contributed by atoms with Crippen LogP contribution in [0.2, 0.25) is 0 Å². The van der Waals surface area contributed by atoms with Crippen molar-refractivity contribution in [3.8, 4) is 11.5 Å². The number of carboxylic acid groups (broad SMARTS) is 2. The molecule has 1 aromatic carbocycles. The van der Waals surface area contributed by atoms with Crippen molar-refractivity contribution in [1.29, 1.82) is 0 Å². The van der Waals surface area contributed by atoms with Gasteiger partial charge >= 0.3 is 17.9 Å². The smallest absolute Gasteiger partial charge is 0.333 e. The molecule has 1 aromatic rings. The molecule has 1 spiro atoms. The van der Waals surface area contributed by atoms with Gasteiger partial charge in [-0.2, -0.15) is 0 Å². The van der Waals surface area contributed by atoms with Gasteiger partial charge in [-0.1, -0.05) is 12.1 Å². The molecule has 45 heavy (non-hydrogen) atoms. The third-order valence-electron chi connectivity index (χ3n) is 9.53. The van der Waals surface area contributed by atoms with Crippen molar-refractivity contribution in [2.45, 2.75) is 101 Å². The van der Waals surface area contributed by atoms with Crippen molar-refractivity contribution in [2.24, 2.45) is 0 Å². The molecule has 0 bridgehead atoms. The minimum atomic E-state index is -2.03. The first kappa shape index (κ1) is 33.9. The predicted molar refractivity (Wildman–Crippen MR) is 156 cm³/mol. The topological polar surface area (TPSA) is 220 Å². The molecule has 6 N–H and O–H groups in total. The molecule has 1 fully saturated rings. The minimum absolute atomic E-state index is 0.0772. The summed E-state index contributed by atoms with van der Waals surface area (Å²) >= 11 is 0. The van der Waals surface area contributed by atoms with E-state index in [1.807, 2.05) is 20.9 Å². The lowest BCUT2D eigenvalue weighted by Gasteiger charge is -2.59. The highest BCUT2D eigenvalue weighted by atomic mass is 16.5. The maximum atomic E-state index is 13.5. The number of Topliss-reactive ketones (excluding diaryl/α,β-unsaturated/α-hetero) is 1. The van der Waals surface area contributed by atoms with Gasteiger partial charge in [0.05, 0.1) is 17.4 Å². The van der Waals surface area contributed by atoms with E-state index in [-0.39, 0.29) is 30.4 Å². The standard InChI is InChI=1S/C31H40N2O12/c1-15-5-7-20(34)26-25(15)30-11-12-33(4)17(3)31(30,43)10-9-18(27(30)45-26)13-21(35)16(2)44-29(42)19(6-8-24(38)39)32-23(37)14-22(36)28(40)41/h5,7,9,16-17,19,22,27,34,36,43H,6,8,10-14H2,1-4H3,(H,32,37)(H,38,39)(H,40,41). The summed E-state index contributed by atoms with van der Waals surface area (Å²) in [6.07, 6.45) is -3.74. The Hall–Kier alpha value is -4.01. The lowest BCUT2D eigenvalue weighted by molar-refractivity contribution is -0.158. The lowest BCUT2D eigenvalue weighted by atomic mass is 9.53. The molecule has 1 saturated heterocycles. The molecule has 1 aliphatic carbocycles. The number of amides is 1. The molecule has 14 nitrogen and oxygen atoms in total. The normalized spacial score (nSPS) is 27.4. The number of likely N-dealkylation sites (tertiary alicyclic amines) is 1. The highest BCUT2D eigenvalue weighted by Crippen LogP contribution is 2.62. The fraction of sp³-hybridized carbons (Fsp3) is 0.581. The van der Waals surface area contributed by atoms with E-state index in [0.717, 1.165) is 5.56 Å². The molecule has 0 saturated carbocycles. The van der Waals surface area contributed by atoms with Crippen molar-refractivity contribution in [3.63, 3.8) is 0 Å². The van der Waals surface area contributed by atoms with Gasteiger partial charge in [0.1, 0.15) is 12.1 Å². The van der Waals surface area contributed by atoms with E-state index in [1.165, 1.54) is 13.0 Å². The van der Waals surface area contributed by atoms with Crippen LogP contribution in [0.15, 0.2) is 23.8 Å². The Labute approximate surface area is 259 Å². The number of piperidine rings is 1. The first-order chi connectivity index (χ1) is 21.0. The number of aliphatic hydroxyl groups excluding tert-OH is 1. The van der Waals surface area contributed by atoms with Crippen LogP contribution in [0.25, 0.3) is 0 Å². The Kier molecular flexibility index (Phi) is 9.61. The zero-order valence-corrected chi connectivity index (χ0v) is 25.6. The van der Waals surface area contributed by atoms with E-state index in [2.05, 4.69) is 10.2 Å². The molecule has 7 atom stereocenters. The maximum absolute atomic E-state index is 13.5. The van der Waals surface area contributed by atoms with E-state index in [0.29, 0.717) is 24.1 Å². The predicted octanol–water partition coefficient (Wildman–Crippen LogP) is 0.561. The highest BCUT2D eigenvalue weighted by molar-refractivity contribution is 5.91. The monoisotopic (exact) mass is 632 g/mol. The second-order valence-corrected chi connectivity index (χ2v) is 12.2. The number of carbonyl (C=O) groups excluding carboxylic acids is 3. The number of benzene rings is 1. The molecule has 2 aliphatic heterocycles. The third-order valence-corrected chi connectivity index (χ3v) is 9.53. The fourth-order valence-electron chi connectivity index (χ4n) is 6.90. The van der Waals surface area contributed by atoms with Gasteiger partial charge < -0.3 is 45.2 Å². The van der Waals surface area contributed by atoms with Crippen LogP contribution in [0.1, 0.15) is 63.5 Å². The van der Waals surface area contributed by atoms with Crippen LogP contribution >= 0.6 is 0 Å². The Balaban J connectivity index is 1.54. The second-order valence-electron chi connectivity index (χ2n) is 12.2.